The summed E-state index contributed by atoms with van der Waals surface area (Å²) in [7, 11) is 0. The third-order valence-electron chi connectivity index (χ3n) is 3.13. The Bertz CT molecular complexity index is 459. The van der Waals surface area contributed by atoms with E-state index >= 15 is 0 Å². The van der Waals surface area contributed by atoms with E-state index in [-0.39, 0.29) is 11.9 Å². The lowest BCUT2D eigenvalue weighted by Crippen LogP contribution is -2.43. The molecule has 3 nitrogen and oxygen atoms in total. The van der Waals surface area contributed by atoms with Crippen molar-refractivity contribution in [1.82, 2.24) is 5.32 Å². The number of anilines is 1. The molecule has 1 unspecified atom stereocenters. The zero-order valence-corrected chi connectivity index (χ0v) is 12.6. The highest BCUT2D eigenvalue weighted by molar-refractivity contribution is 9.10. The molecule has 18 heavy (non-hydrogen) atoms. The summed E-state index contributed by atoms with van der Waals surface area (Å²) >= 11 is 9.51. The standard InChI is InChI=1S/C13H16BrClN2O/c1-8-6-9(14)12(7-10(8)15)17-13(18)11-4-2-3-5-16-11/h6-7,11,16H,2-5H2,1H3,(H,17,18). The van der Waals surface area contributed by atoms with Gasteiger partial charge in [-0.25, -0.2) is 0 Å². The van der Waals surface area contributed by atoms with Crippen molar-refractivity contribution >= 4 is 39.1 Å². The van der Waals surface area contributed by atoms with Gasteiger partial charge in [0.15, 0.2) is 0 Å². The van der Waals surface area contributed by atoms with Crippen molar-refractivity contribution in [3.63, 3.8) is 0 Å². The van der Waals surface area contributed by atoms with Gasteiger partial charge in [-0.15, -0.1) is 0 Å². The highest BCUT2D eigenvalue weighted by Gasteiger charge is 2.21. The summed E-state index contributed by atoms with van der Waals surface area (Å²) < 4.78 is 0.855. The van der Waals surface area contributed by atoms with Gasteiger partial charge in [0.25, 0.3) is 0 Å². The van der Waals surface area contributed by atoms with Gasteiger partial charge >= 0.3 is 0 Å². The minimum atomic E-state index is -0.0919. The Hall–Kier alpha value is -0.580. The van der Waals surface area contributed by atoms with Gasteiger partial charge in [0.2, 0.25) is 5.91 Å². The van der Waals surface area contributed by atoms with Gasteiger partial charge in [0, 0.05) is 9.50 Å². The first kappa shape index (κ1) is 13.8. The molecule has 2 N–H and O–H groups in total. The lowest BCUT2D eigenvalue weighted by molar-refractivity contribution is -0.118. The van der Waals surface area contributed by atoms with E-state index < -0.39 is 0 Å². The zero-order chi connectivity index (χ0) is 13.1. The molecule has 1 atom stereocenters. The van der Waals surface area contributed by atoms with E-state index in [4.69, 9.17) is 11.6 Å². The number of nitrogens with one attached hydrogen (secondary N) is 2. The number of amides is 1. The molecule has 5 heteroatoms. The van der Waals surface area contributed by atoms with E-state index in [1.807, 2.05) is 13.0 Å². The summed E-state index contributed by atoms with van der Waals surface area (Å²) in [4.78, 5) is 12.1. The van der Waals surface area contributed by atoms with Crippen molar-refractivity contribution in [1.29, 1.82) is 0 Å². The van der Waals surface area contributed by atoms with Crippen molar-refractivity contribution in [3.05, 3.63) is 27.2 Å². The molecule has 1 aliphatic rings. The molecule has 0 aliphatic carbocycles. The van der Waals surface area contributed by atoms with E-state index in [2.05, 4.69) is 26.6 Å². The zero-order valence-electron chi connectivity index (χ0n) is 10.2. The quantitative estimate of drug-likeness (QED) is 0.871. The van der Waals surface area contributed by atoms with E-state index in [1.54, 1.807) is 6.07 Å². The number of carbonyl (C=O) groups is 1. The lowest BCUT2D eigenvalue weighted by Gasteiger charge is -2.23. The van der Waals surface area contributed by atoms with Gasteiger partial charge in [-0.3, -0.25) is 4.79 Å². The first-order valence-corrected chi connectivity index (χ1v) is 7.25. The van der Waals surface area contributed by atoms with E-state index in [0.29, 0.717) is 5.02 Å². The molecule has 1 aromatic carbocycles. The number of halogens is 2. The van der Waals surface area contributed by atoms with Crippen LogP contribution in [0.2, 0.25) is 5.02 Å². The summed E-state index contributed by atoms with van der Waals surface area (Å²) in [5.41, 5.74) is 1.71. The van der Waals surface area contributed by atoms with Crippen LogP contribution in [0, 0.1) is 6.92 Å². The SMILES string of the molecule is Cc1cc(Br)c(NC(=O)C2CCCCN2)cc1Cl. The molecular formula is C13H16BrClN2O. The Morgan fingerprint density at radius 3 is 2.94 bits per heavy atom. The van der Waals surface area contributed by atoms with E-state index in [9.17, 15) is 4.79 Å². The fraction of sp³-hybridized carbons (Fsp3) is 0.462. The van der Waals surface area contributed by atoms with Crippen molar-refractivity contribution < 1.29 is 4.79 Å². The molecule has 0 spiro atoms. The molecule has 0 radical (unpaired) electrons. The minimum absolute atomic E-state index is 0.00956. The fourth-order valence-corrected chi connectivity index (χ4v) is 2.76. The number of hydrogen-bond acceptors (Lipinski definition) is 2. The van der Waals surface area contributed by atoms with Crippen LogP contribution in [0.25, 0.3) is 0 Å². The average Bonchev–Trinajstić information content (AvgIpc) is 2.37. The van der Waals surface area contributed by atoms with Gasteiger partial charge in [0.1, 0.15) is 0 Å². The van der Waals surface area contributed by atoms with Gasteiger partial charge in [-0.05, 0) is 59.9 Å². The summed E-state index contributed by atoms with van der Waals surface area (Å²) in [5, 5.41) is 6.80. The van der Waals surface area contributed by atoms with Crippen LogP contribution in [0.4, 0.5) is 5.69 Å². The maximum atomic E-state index is 12.1. The third-order valence-corrected chi connectivity index (χ3v) is 4.20. The number of benzene rings is 1. The van der Waals surface area contributed by atoms with Crippen LogP contribution in [0.3, 0.4) is 0 Å². The van der Waals surface area contributed by atoms with Gasteiger partial charge in [0.05, 0.1) is 11.7 Å². The Morgan fingerprint density at radius 2 is 2.28 bits per heavy atom. The number of piperidine rings is 1. The Labute approximate surface area is 120 Å². The molecule has 1 fully saturated rings. The summed E-state index contributed by atoms with van der Waals surface area (Å²) in [6.07, 6.45) is 3.13. The van der Waals surface area contributed by atoms with Crippen LogP contribution in [-0.2, 0) is 4.79 Å². The fourth-order valence-electron chi connectivity index (χ4n) is 2.04. The van der Waals surface area contributed by atoms with Gasteiger partial charge < -0.3 is 10.6 Å². The van der Waals surface area contributed by atoms with Gasteiger partial charge in [-0.1, -0.05) is 18.0 Å². The monoisotopic (exact) mass is 330 g/mol. The molecule has 1 heterocycles. The first-order valence-electron chi connectivity index (χ1n) is 6.08. The topological polar surface area (TPSA) is 41.1 Å². The van der Waals surface area contributed by atoms with Crippen molar-refractivity contribution in [2.75, 3.05) is 11.9 Å². The third kappa shape index (κ3) is 3.25. The van der Waals surface area contributed by atoms with Crippen molar-refractivity contribution in [2.24, 2.45) is 0 Å². The maximum absolute atomic E-state index is 12.1. The van der Waals surface area contributed by atoms with Crippen LogP contribution < -0.4 is 10.6 Å². The summed E-state index contributed by atoms with van der Waals surface area (Å²) in [5.74, 6) is 0.00956. The van der Waals surface area contributed by atoms with E-state index in [0.717, 1.165) is 41.5 Å². The van der Waals surface area contributed by atoms with Crippen molar-refractivity contribution in [3.8, 4) is 0 Å². The molecule has 2 rings (SSSR count). The van der Waals surface area contributed by atoms with E-state index in [1.165, 1.54) is 0 Å². The van der Waals surface area contributed by atoms with Crippen LogP contribution in [0.5, 0.6) is 0 Å². The van der Waals surface area contributed by atoms with Crippen LogP contribution in [0.1, 0.15) is 24.8 Å². The highest BCUT2D eigenvalue weighted by atomic mass is 79.9. The molecule has 0 aromatic heterocycles. The molecule has 1 amide bonds. The second kappa shape index (κ2) is 6.04. The number of hydrogen-bond donors (Lipinski definition) is 2. The Kier molecular flexibility index (Phi) is 4.65. The Balaban J connectivity index is 2.08. The predicted octanol–water partition coefficient (Wildman–Crippen LogP) is 3.49. The van der Waals surface area contributed by atoms with Crippen LogP contribution in [-0.4, -0.2) is 18.5 Å². The molecule has 1 saturated heterocycles. The average molecular weight is 332 g/mol. The summed E-state index contributed by atoms with van der Waals surface area (Å²) in [6.45, 7) is 2.84. The molecule has 0 saturated carbocycles. The first-order chi connectivity index (χ1) is 8.58. The number of carbonyl (C=O) groups excluding carboxylic acids is 1. The molecule has 98 valence electrons. The highest BCUT2D eigenvalue weighted by Crippen LogP contribution is 2.29. The largest absolute Gasteiger partial charge is 0.324 e. The predicted molar refractivity (Wildman–Crippen MR) is 78.2 cm³/mol. The smallest absolute Gasteiger partial charge is 0.241 e. The Morgan fingerprint density at radius 1 is 1.50 bits per heavy atom. The van der Waals surface area contributed by atoms with Crippen LogP contribution >= 0.6 is 27.5 Å². The number of aryl methyl sites for hydroxylation is 1. The minimum Gasteiger partial charge on any atom is -0.324 e. The molecular weight excluding hydrogens is 316 g/mol. The second-order valence-electron chi connectivity index (χ2n) is 4.57. The summed E-state index contributed by atoms with van der Waals surface area (Å²) in [6, 6.07) is 3.60. The van der Waals surface area contributed by atoms with Crippen molar-refractivity contribution in [2.45, 2.75) is 32.2 Å². The molecule has 0 bridgehead atoms. The maximum Gasteiger partial charge on any atom is 0.241 e. The van der Waals surface area contributed by atoms with Gasteiger partial charge in [-0.2, -0.15) is 0 Å². The molecule has 1 aromatic rings. The number of rotatable bonds is 2. The molecule has 1 aliphatic heterocycles. The second-order valence-corrected chi connectivity index (χ2v) is 5.83. The lowest BCUT2D eigenvalue weighted by atomic mass is 10.0. The van der Waals surface area contributed by atoms with Crippen LogP contribution in [0.15, 0.2) is 16.6 Å². The normalized spacial score (nSPS) is 19.6.